The van der Waals surface area contributed by atoms with Crippen LogP contribution in [0.5, 0.6) is 0 Å². The molecule has 0 saturated carbocycles. The molecular weight excluding hydrogens is 338 g/mol. The van der Waals surface area contributed by atoms with Gasteiger partial charge in [0.15, 0.2) is 0 Å². The first-order valence-electron chi connectivity index (χ1n) is 5.82. The lowest BCUT2D eigenvalue weighted by Crippen LogP contribution is -2.38. The van der Waals surface area contributed by atoms with Gasteiger partial charge in [0.05, 0.1) is 3.79 Å². The van der Waals surface area contributed by atoms with Crippen molar-refractivity contribution in [2.24, 2.45) is 5.92 Å². The average molecular weight is 354 g/mol. The minimum Gasteiger partial charge on any atom is -0.396 e. The molecule has 0 radical (unpaired) electrons. The second-order valence-electron chi connectivity index (χ2n) is 4.55. The molecule has 18 heavy (non-hydrogen) atoms. The number of thiophene rings is 1. The highest BCUT2D eigenvalue weighted by Gasteiger charge is 2.30. The number of nitrogens with zero attached hydrogens (tertiary/aromatic N) is 1. The fraction of sp³-hybridized carbons (Fsp3) is 0.636. The van der Waals surface area contributed by atoms with Gasteiger partial charge in [-0.1, -0.05) is 0 Å². The lowest BCUT2D eigenvalue weighted by Gasteiger charge is -2.29. The summed E-state index contributed by atoms with van der Waals surface area (Å²) in [5, 5.41) is 9.06. The van der Waals surface area contributed by atoms with Gasteiger partial charge in [0.2, 0.25) is 0 Å². The number of aliphatic hydroxyl groups is 1. The van der Waals surface area contributed by atoms with Crippen molar-refractivity contribution in [1.29, 1.82) is 0 Å². The number of sulfonamides is 1. The second-order valence-corrected chi connectivity index (χ2v) is 9.09. The molecule has 2 rings (SSSR count). The van der Waals surface area contributed by atoms with E-state index in [2.05, 4.69) is 15.9 Å². The molecular formula is C11H16BrNO3S2. The molecule has 0 aliphatic carbocycles. The molecule has 0 amide bonds. The summed E-state index contributed by atoms with van der Waals surface area (Å²) in [6.07, 6.45) is 1.47. The Bertz CT molecular complexity index is 499. The Hall–Kier alpha value is 0.0500. The highest BCUT2D eigenvalue weighted by molar-refractivity contribution is 9.11. The van der Waals surface area contributed by atoms with E-state index in [1.54, 1.807) is 6.07 Å². The first kappa shape index (κ1) is 14.5. The van der Waals surface area contributed by atoms with Crippen LogP contribution in [0.2, 0.25) is 0 Å². The van der Waals surface area contributed by atoms with Crippen molar-refractivity contribution < 1.29 is 13.5 Å². The van der Waals surface area contributed by atoms with Crippen LogP contribution in [0.3, 0.4) is 0 Å². The van der Waals surface area contributed by atoms with Crippen LogP contribution in [0.15, 0.2) is 14.1 Å². The molecule has 1 aliphatic rings. The number of hydrogen-bond acceptors (Lipinski definition) is 4. The number of hydrogen-bond donors (Lipinski definition) is 1. The molecule has 7 heteroatoms. The molecule has 1 aromatic heterocycles. The first-order valence-corrected chi connectivity index (χ1v) is 8.87. The Labute approximate surface area is 120 Å². The summed E-state index contributed by atoms with van der Waals surface area (Å²) in [6, 6.07) is 1.71. The van der Waals surface area contributed by atoms with Crippen LogP contribution in [-0.4, -0.2) is 37.5 Å². The van der Waals surface area contributed by atoms with Crippen LogP contribution in [0, 0.1) is 12.8 Å². The Kier molecular flexibility index (Phi) is 4.48. The smallest absolute Gasteiger partial charge is 0.252 e. The van der Waals surface area contributed by atoms with E-state index in [4.69, 9.17) is 5.11 Å². The summed E-state index contributed by atoms with van der Waals surface area (Å²) in [7, 11) is -3.36. The number of aryl methyl sites for hydroxylation is 1. The molecule has 1 aliphatic heterocycles. The molecule has 0 spiro atoms. The number of halogens is 1. The quantitative estimate of drug-likeness (QED) is 0.906. The van der Waals surface area contributed by atoms with E-state index in [0.717, 1.165) is 22.2 Å². The monoisotopic (exact) mass is 353 g/mol. The zero-order chi connectivity index (χ0) is 13.3. The number of aliphatic hydroxyl groups excluding tert-OH is 1. The standard InChI is InChI=1S/C11H16BrNO3S2/c1-8-6-10(17-11(8)12)18(15,16)13-4-2-9(7-14)3-5-13/h6,9,14H,2-5,7H2,1H3. The fourth-order valence-electron chi connectivity index (χ4n) is 2.02. The minimum absolute atomic E-state index is 0.150. The summed E-state index contributed by atoms with van der Waals surface area (Å²) in [5.41, 5.74) is 0.948. The molecule has 2 heterocycles. The van der Waals surface area contributed by atoms with Crippen molar-refractivity contribution in [3.63, 3.8) is 0 Å². The van der Waals surface area contributed by atoms with E-state index in [-0.39, 0.29) is 12.5 Å². The SMILES string of the molecule is Cc1cc(S(=O)(=O)N2CCC(CO)CC2)sc1Br. The highest BCUT2D eigenvalue weighted by Crippen LogP contribution is 2.33. The summed E-state index contributed by atoms with van der Waals surface area (Å²) in [6.45, 7) is 3.04. The zero-order valence-electron chi connectivity index (χ0n) is 10.1. The molecule has 0 unspecified atom stereocenters. The van der Waals surface area contributed by atoms with E-state index in [9.17, 15) is 8.42 Å². The van der Waals surface area contributed by atoms with Gasteiger partial charge >= 0.3 is 0 Å². The van der Waals surface area contributed by atoms with Crippen molar-refractivity contribution >= 4 is 37.3 Å². The Morgan fingerprint density at radius 2 is 2.11 bits per heavy atom. The molecule has 1 saturated heterocycles. The maximum Gasteiger partial charge on any atom is 0.252 e. The van der Waals surface area contributed by atoms with Crippen molar-refractivity contribution in [2.45, 2.75) is 24.0 Å². The molecule has 1 fully saturated rings. The Morgan fingerprint density at radius 1 is 1.50 bits per heavy atom. The zero-order valence-corrected chi connectivity index (χ0v) is 13.3. The largest absolute Gasteiger partial charge is 0.396 e. The van der Waals surface area contributed by atoms with Gasteiger partial charge in [-0.15, -0.1) is 11.3 Å². The Balaban J connectivity index is 2.17. The van der Waals surface area contributed by atoms with E-state index >= 15 is 0 Å². The maximum absolute atomic E-state index is 12.4. The van der Waals surface area contributed by atoms with Gasteiger partial charge < -0.3 is 5.11 Å². The molecule has 0 bridgehead atoms. The van der Waals surface area contributed by atoms with Gasteiger partial charge in [0, 0.05) is 19.7 Å². The third kappa shape index (κ3) is 2.80. The lowest BCUT2D eigenvalue weighted by molar-refractivity contribution is 0.170. The van der Waals surface area contributed by atoms with Crippen molar-refractivity contribution in [3.8, 4) is 0 Å². The predicted octanol–water partition coefficient (Wildman–Crippen LogP) is 2.21. The molecule has 4 nitrogen and oxygen atoms in total. The van der Waals surface area contributed by atoms with Gasteiger partial charge in [-0.25, -0.2) is 8.42 Å². The number of piperidine rings is 1. The first-order chi connectivity index (χ1) is 8.45. The minimum atomic E-state index is -3.36. The molecule has 1 aromatic rings. The summed E-state index contributed by atoms with van der Waals surface area (Å²) in [5.74, 6) is 0.244. The molecule has 1 N–H and O–H groups in total. The topological polar surface area (TPSA) is 57.6 Å². The van der Waals surface area contributed by atoms with Crippen LogP contribution in [-0.2, 0) is 10.0 Å². The predicted molar refractivity (Wildman–Crippen MR) is 75.3 cm³/mol. The van der Waals surface area contributed by atoms with Crippen LogP contribution in [0.4, 0.5) is 0 Å². The van der Waals surface area contributed by atoms with Crippen molar-refractivity contribution in [1.82, 2.24) is 4.31 Å². The maximum atomic E-state index is 12.4. The van der Waals surface area contributed by atoms with Crippen molar-refractivity contribution in [3.05, 3.63) is 15.4 Å². The van der Waals surface area contributed by atoms with Crippen LogP contribution in [0.25, 0.3) is 0 Å². The third-order valence-electron chi connectivity index (χ3n) is 3.26. The number of rotatable bonds is 3. The van der Waals surface area contributed by atoms with Crippen LogP contribution < -0.4 is 0 Å². The Morgan fingerprint density at radius 3 is 2.56 bits per heavy atom. The van der Waals surface area contributed by atoms with Crippen molar-refractivity contribution in [2.75, 3.05) is 19.7 Å². The van der Waals surface area contributed by atoms with E-state index in [1.807, 2.05) is 6.92 Å². The van der Waals surface area contributed by atoms with Gasteiger partial charge in [-0.3, -0.25) is 0 Å². The average Bonchev–Trinajstić information content (AvgIpc) is 2.70. The van der Waals surface area contributed by atoms with Gasteiger partial charge in [-0.2, -0.15) is 4.31 Å². The van der Waals surface area contributed by atoms with E-state index < -0.39 is 10.0 Å². The van der Waals surface area contributed by atoms with Gasteiger partial charge in [0.1, 0.15) is 4.21 Å². The summed E-state index contributed by atoms with van der Waals surface area (Å²) >= 11 is 4.61. The van der Waals surface area contributed by atoms with Gasteiger partial charge in [0.25, 0.3) is 10.0 Å². The van der Waals surface area contributed by atoms with Crippen LogP contribution in [0.1, 0.15) is 18.4 Å². The lowest BCUT2D eigenvalue weighted by atomic mass is 10.00. The normalized spacial score (nSPS) is 19.3. The highest BCUT2D eigenvalue weighted by atomic mass is 79.9. The van der Waals surface area contributed by atoms with E-state index in [1.165, 1.54) is 15.6 Å². The molecule has 0 aromatic carbocycles. The van der Waals surface area contributed by atoms with Crippen LogP contribution >= 0.6 is 27.3 Å². The summed E-state index contributed by atoms with van der Waals surface area (Å²) in [4.78, 5) is 0. The molecule has 102 valence electrons. The van der Waals surface area contributed by atoms with E-state index in [0.29, 0.717) is 17.3 Å². The third-order valence-corrected chi connectivity index (χ3v) is 7.74. The second kappa shape index (κ2) is 5.58. The summed E-state index contributed by atoms with van der Waals surface area (Å²) < 4.78 is 27.6. The molecule has 0 atom stereocenters. The fourth-order valence-corrected chi connectivity index (χ4v) is 5.87. The van der Waals surface area contributed by atoms with Gasteiger partial charge in [-0.05, 0) is 53.2 Å².